The molecule has 1 aromatic rings. The van der Waals surface area contributed by atoms with Crippen LogP contribution in [0.3, 0.4) is 0 Å². The minimum Gasteiger partial charge on any atom is -0.478 e. The Morgan fingerprint density at radius 3 is 2.32 bits per heavy atom. The molecule has 4 heteroatoms. The summed E-state index contributed by atoms with van der Waals surface area (Å²) in [6, 6.07) is 3.74. The van der Waals surface area contributed by atoms with E-state index in [2.05, 4.69) is 12.2 Å². The van der Waals surface area contributed by atoms with Gasteiger partial charge in [-0.25, -0.2) is 4.79 Å². The fourth-order valence-corrected chi connectivity index (χ4v) is 2.50. The molecule has 2 atom stereocenters. The molecule has 0 spiro atoms. The Labute approximate surface area is 112 Å². The summed E-state index contributed by atoms with van der Waals surface area (Å²) >= 11 is 0. The molecule has 2 N–H and O–H groups in total. The first-order valence-corrected chi connectivity index (χ1v) is 6.60. The first-order chi connectivity index (χ1) is 8.95. The molecule has 2 unspecified atom stereocenters. The number of carboxylic acid groups (broad SMARTS) is 1. The number of carbonyl (C=O) groups excluding carboxylic acids is 1. The standard InChI is InChI=1S/C15H19NO3/c1-4-10-7-11(10)16-14(17)12-8(2)5-6-9(3)13(12)15(18)19/h5-6,10-11H,4,7H2,1-3H3,(H,16,17)(H,18,19). The second kappa shape index (κ2) is 5.03. The van der Waals surface area contributed by atoms with Crippen LogP contribution in [0.1, 0.15) is 51.6 Å². The first-order valence-electron chi connectivity index (χ1n) is 6.60. The third-order valence-electron chi connectivity index (χ3n) is 3.83. The number of benzene rings is 1. The maximum absolute atomic E-state index is 12.3. The zero-order chi connectivity index (χ0) is 14.2. The minimum atomic E-state index is -1.05. The van der Waals surface area contributed by atoms with Gasteiger partial charge in [0, 0.05) is 6.04 Å². The average Bonchev–Trinajstić information content (AvgIpc) is 3.09. The molecule has 1 aromatic carbocycles. The third-order valence-corrected chi connectivity index (χ3v) is 3.83. The number of nitrogens with one attached hydrogen (secondary N) is 1. The number of rotatable bonds is 4. The van der Waals surface area contributed by atoms with Crippen molar-refractivity contribution in [3.05, 3.63) is 34.4 Å². The van der Waals surface area contributed by atoms with Gasteiger partial charge in [0.05, 0.1) is 11.1 Å². The van der Waals surface area contributed by atoms with Gasteiger partial charge < -0.3 is 10.4 Å². The van der Waals surface area contributed by atoms with Crippen molar-refractivity contribution in [3.63, 3.8) is 0 Å². The van der Waals surface area contributed by atoms with Crippen LogP contribution in [0.25, 0.3) is 0 Å². The SMILES string of the molecule is CCC1CC1NC(=O)c1c(C)ccc(C)c1C(=O)O. The van der Waals surface area contributed by atoms with E-state index in [1.54, 1.807) is 26.0 Å². The number of carbonyl (C=O) groups is 2. The zero-order valence-electron chi connectivity index (χ0n) is 11.5. The fraction of sp³-hybridized carbons (Fsp3) is 0.467. The molecule has 0 saturated heterocycles. The first kappa shape index (κ1) is 13.6. The van der Waals surface area contributed by atoms with Crippen LogP contribution in [0.5, 0.6) is 0 Å². The van der Waals surface area contributed by atoms with Gasteiger partial charge in [-0.15, -0.1) is 0 Å². The van der Waals surface area contributed by atoms with Crippen molar-refractivity contribution >= 4 is 11.9 Å². The third kappa shape index (κ3) is 2.62. The van der Waals surface area contributed by atoms with Crippen molar-refractivity contribution in [1.29, 1.82) is 0 Å². The van der Waals surface area contributed by atoms with E-state index >= 15 is 0 Å². The summed E-state index contributed by atoms with van der Waals surface area (Å²) in [7, 11) is 0. The molecule has 1 aliphatic carbocycles. The molecule has 102 valence electrons. The quantitative estimate of drug-likeness (QED) is 0.875. The molecule has 19 heavy (non-hydrogen) atoms. The van der Waals surface area contributed by atoms with Crippen LogP contribution >= 0.6 is 0 Å². The van der Waals surface area contributed by atoms with E-state index < -0.39 is 5.97 Å². The summed E-state index contributed by atoms with van der Waals surface area (Å²) < 4.78 is 0. The lowest BCUT2D eigenvalue weighted by atomic mass is 9.96. The summed E-state index contributed by atoms with van der Waals surface area (Å²) in [4.78, 5) is 23.6. The van der Waals surface area contributed by atoms with E-state index in [-0.39, 0.29) is 17.5 Å². The van der Waals surface area contributed by atoms with Gasteiger partial charge in [0.2, 0.25) is 0 Å². The van der Waals surface area contributed by atoms with E-state index in [9.17, 15) is 14.7 Å². The molecule has 0 aliphatic heterocycles. The molecule has 1 aliphatic rings. The number of aromatic carboxylic acids is 1. The van der Waals surface area contributed by atoms with E-state index in [1.807, 2.05) is 0 Å². The lowest BCUT2D eigenvalue weighted by molar-refractivity contribution is 0.0690. The Bertz CT molecular complexity index is 536. The lowest BCUT2D eigenvalue weighted by Gasteiger charge is -2.12. The minimum absolute atomic E-state index is 0.117. The van der Waals surface area contributed by atoms with Crippen LogP contribution < -0.4 is 5.32 Å². The molecule has 0 radical (unpaired) electrons. The summed E-state index contributed by atoms with van der Waals surface area (Å²) in [6.45, 7) is 5.58. The number of carboxylic acids is 1. The molecular weight excluding hydrogens is 242 g/mol. The van der Waals surface area contributed by atoms with Crippen molar-refractivity contribution in [2.45, 2.75) is 39.7 Å². The van der Waals surface area contributed by atoms with Crippen LogP contribution in [-0.4, -0.2) is 23.0 Å². The van der Waals surface area contributed by atoms with E-state index in [4.69, 9.17) is 0 Å². The predicted octanol–water partition coefficient (Wildman–Crippen LogP) is 2.53. The molecule has 0 bridgehead atoms. The van der Waals surface area contributed by atoms with Gasteiger partial charge in [0.15, 0.2) is 0 Å². The molecular formula is C15H19NO3. The van der Waals surface area contributed by atoms with Crippen molar-refractivity contribution in [3.8, 4) is 0 Å². The molecule has 1 saturated carbocycles. The molecule has 2 rings (SSSR count). The highest BCUT2D eigenvalue weighted by molar-refractivity contribution is 6.06. The predicted molar refractivity (Wildman–Crippen MR) is 72.5 cm³/mol. The van der Waals surface area contributed by atoms with Crippen molar-refractivity contribution in [2.24, 2.45) is 5.92 Å². The average molecular weight is 261 g/mol. The number of aryl methyl sites for hydroxylation is 2. The summed E-state index contributed by atoms with van der Waals surface area (Å²) in [5, 5.41) is 12.2. The summed E-state index contributed by atoms with van der Waals surface area (Å²) in [6.07, 6.45) is 2.04. The van der Waals surface area contributed by atoms with Crippen LogP contribution in [0.15, 0.2) is 12.1 Å². The second-order valence-electron chi connectivity index (χ2n) is 5.24. The van der Waals surface area contributed by atoms with Gasteiger partial charge in [0.25, 0.3) is 5.91 Å². The van der Waals surface area contributed by atoms with E-state index in [0.29, 0.717) is 22.6 Å². The maximum atomic E-state index is 12.3. The Morgan fingerprint density at radius 1 is 1.26 bits per heavy atom. The van der Waals surface area contributed by atoms with Gasteiger partial charge in [-0.3, -0.25) is 4.79 Å². The number of hydrogen-bond donors (Lipinski definition) is 2. The Morgan fingerprint density at radius 2 is 1.84 bits per heavy atom. The van der Waals surface area contributed by atoms with Crippen molar-refractivity contribution < 1.29 is 14.7 Å². The topological polar surface area (TPSA) is 66.4 Å². The van der Waals surface area contributed by atoms with Gasteiger partial charge in [-0.1, -0.05) is 25.5 Å². The number of amides is 1. The van der Waals surface area contributed by atoms with Crippen molar-refractivity contribution in [2.75, 3.05) is 0 Å². The largest absolute Gasteiger partial charge is 0.478 e. The van der Waals surface area contributed by atoms with Crippen LogP contribution in [0.2, 0.25) is 0 Å². The molecule has 4 nitrogen and oxygen atoms in total. The highest BCUT2D eigenvalue weighted by Gasteiger charge is 2.37. The Hall–Kier alpha value is -1.84. The van der Waals surface area contributed by atoms with E-state index in [1.165, 1.54) is 0 Å². The zero-order valence-corrected chi connectivity index (χ0v) is 11.5. The monoisotopic (exact) mass is 261 g/mol. The highest BCUT2D eigenvalue weighted by Crippen LogP contribution is 2.33. The highest BCUT2D eigenvalue weighted by atomic mass is 16.4. The normalized spacial score (nSPS) is 21.0. The molecule has 0 heterocycles. The van der Waals surface area contributed by atoms with Crippen LogP contribution in [0.4, 0.5) is 0 Å². The van der Waals surface area contributed by atoms with Crippen LogP contribution in [0, 0.1) is 19.8 Å². The smallest absolute Gasteiger partial charge is 0.336 e. The van der Waals surface area contributed by atoms with Crippen molar-refractivity contribution in [1.82, 2.24) is 5.32 Å². The van der Waals surface area contributed by atoms with Gasteiger partial charge in [-0.2, -0.15) is 0 Å². The fourth-order valence-electron chi connectivity index (χ4n) is 2.50. The van der Waals surface area contributed by atoms with Crippen LogP contribution in [-0.2, 0) is 0 Å². The number of hydrogen-bond acceptors (Lipinski definition) is 2. The molecule has 0 aromatic heterocycles. The second-order valence-corrected chi connectivity index (χ2v) is 5.24. The lowest BCUT2D eigenvalue weighted by Crippen LogP contribution is -2.29. The summed E-state index contributed by atoms with van der Waals surface area (Å²) in [5.74, 6) is -0.768. The Kier molecular flexibility index (Phi) is 3.60. The van der Waals surface area contributed by atoms with Gasteiger partial charge in [-0.05, 0) is 37.3 Å². The van der Waals surface area contributed by atoms with Gasteiger partial charge >= 0.3 is 5.97 Å². The molecule has 1 fully saturated rings. The van der Waals surface area contributed by atoms with E-state index in [0.717, 1.165) is 12.8 Å². The summed E-state index contributed by atoms with van der Waals surface area (Å²) in [5.41, 5.74) is 1.74. The Balaban J connectivity index is 2.30. The maximum Gasteiger partial charge on any atom is 0.336 e. The molecule has 1 amide bonds. The van der Waals surface area contributed by atoms with Gasteiger partial charge in [0.1, 0.15) is 0 Å².